The van der Waals surface area contributed by atoms with Gasteiger partial charge in [0.25, 0.3) is 0 Å². The molecule has 0 aliphatic carbocycles. The minimum Gasteiger partial charge on any atom is -0.480 e. The van der Waals surface area contributed by atoms with Crippen molar-refractivity contribution in [3.05, 3.63) is 18.0 Å². The number of hydrogen-bond donors (Lipinski definition) is 2. The van der Waals surface area contributed by atoms with E-state index in [0.29, 0.717) is 18.7 Å². The summed E-state index contributed by atoms with van der Waals surface area (Å²) in [6, 6.07) is 1.21. The first kappa shape index (κ1) is 11.7. The zero-order chi connectivity index (χ0) is 11.1. The molecule has 84 valence electrons. The highest BCUT2D eigenvalue weighted by Crippen LogP contribution is 2.03. The molecular formula is C10H16N2O3. The standard InChI is InChI=1S/C10H16N2O3/c1-2-3-4-9(10(13)14)11-7-8-5-6-12-15-8/h5-6,9,11H,2-4,7H2,1H3,(H,13,14). The predicted octanol–water partition coefficient (Wildman–Crippen LogP) is 1.41. The van der Waals surface area contributed by atoms with Crippen molar-refractivity contribution >= 4 is 5.97 Å². The Balaban J connectivity index is 2.34. The molecule has 15 heavy (non-hydrogen) atoms. The minimum absolute atomic E-state index is 0.403. The number of nitrogens with zero attached hydrogens (tertiary/aromatic N) is 1. The Morgan fingerprint density at radius 3 is 3.07 bits per heavy atom. The molecule has 5 nitrogen and oxygen atoms in total. The zero-order valence-corrected chi connectivity index (χ0v) is 8.77. The summed E-state index contributed by atoms with van der Waals surface area (Å²) in [4.78, 5) is 10.9. The van der Waals surface area contributed by atoms with Gasteiger partial charge in [0.15, 0.2) is 0 Å². The summed E-state index contributed by atoms with van der Waals surface area (Å²) in [6.45, 7) is 2.44. The van der Waals surface area contributed by atoms with E-state index in [-0.39, 0.29) is 0 Å². The molecule has 0 spiro atoms. The van der Waals surface area contributed by atoms with E-state index in [1.807, 2.05) is 6.92 Å². The second kappa shape index (κ2) is 6.19. The Labute approximate surface area is 88.5 Å². The van der Waals surface area contributed by atoms with E-state index in [2.05, 4.69) is 10.5 Å². The summed E-state index contributed by atoms with van der Waals surface area (Å²) in [7, 11) is 0. The van der Waals surface area contributed by atoms with Crippen LogP contribution in [0.1, 0.15) is 31.9 Å². The van der Waals surface area contributed by atoms with Gasteiger partial charge in [-0.2, -0.15) is 0 Å². The molecule has 1 unspecified atom stereocenters. The van der Waals surface area contributed by atoms with E-state index < -0.39 is 12.0 Å². The molecule has 2 N–H and O–H groups in total. The molecule has 1 heterocycles. The number of rotatable bonds is 7. The van der Waals surface area contributed by atoms with Gasteiger partial charge in [-0.1, -0.05) is 24.9 Å². The lowest BCUT2D eigenvalue weighted by molar-refractivity contribution is -0.139. The third-order valence-electron chi connectivity index (χ3n) is 2.16. The van der Waals surface area contributed by atoms with Crippen molar-refractivity contribution in [3.63, 3.8) is 0 Å². The van der Waals surface area contributed by atoms with Crippen molar-refractivity contribution in [3.8, 4) is 0 Å². The van der Waals surface area contributed by atoms with Crippen molar-refractivity contribution in [2.75, 3.05) is 0 Å². The molecule has 0 saturated carbocycles. The summed E-state index contributed by atoms with van der Waals surface area (Å²) >= 11 is 0. The van der Waals surface area contributed by atoms with Crippen LogP contribution in [0.15, 0.2) is 16.8 Å². The van der Waals surface area contributed by atoms with Gasteiger partial charge in [0, 0.05) is 6.07 Å². The van der Waals surface area contributed by atoms with Crippen LogP contribution in [0.5, 0.6) is 0 Å². The first-order chi connectivity index (χ1) is 7.24. The quantitative estimate of drug-likeness (QED) is 0.714. The van der Waals surface area contributed by atoms with E-state index in [9.17, 15) is 4.79 Å². The zero-order valence-electron chi connectivity index (χ0n) is 8.77. The first-order valence-electron chi connectivity index (χ1n) is 5.09. The van der Waals surface area contributed by atoms with Crippen molar-refractivity contribution in [2.45, 2.75) is 38.8 Å². The van der Waals surface area contributed by atoms with Gasteiger partial charge in [-0.05, 0) is 6.42 Å². The third kappa shape index (κ3) is 4.12. The maximum Gasteiger partial charge on any atom is 0.320 e. The molecule has 0 aromatic carbocycles. The Morgan fingerprint density at radius 1 is 1.73 bits per heavy atom. The largest absolute Gasteiger partial charge is 0.480 e. The van der Waals surface area contributed by atoms with Gasteiger partial charge in [0.1, 0.15) is 11.8 Å². The molecule has 0 radical (unpaired) electrons. The Morgan fingerprint density at radius 2 is 2.53 bits per heavy atom. The lowest BCUT2D eigenvalue weighted by Crippen LogP contribution is -2.36. The second-order valence-electron chi connectivity index (χ2n) is 3.39. The minimum atomic E-state index is -0.817. The van der Waals surface area contributed by atoms with E-state index >= 15 is 0 Å². The van der Waals surface area contributed by atoms with Crippen LogP contribution in [0, 0.1) is 0 Å². The van der Waals surface area contributed by atoms with Crippen LogP contribution in [0.3, 0.4) is 0 Å². The number of hydrogen-bond acceptors (Lipinski definition) is 4. The molecule has 1 atom stereocenters. The van der Waals surface area contributed by atoms with Gasteiger partial charge < -0.3 is 9.63 Å². The van der Waals surface area contributed by atoms with E-state index in [4.69, 9.17) is 9.63 Å². The van der Waals surface area contributed by atoms with Crippen LogP contribution in [0.4, 0.5) is 0 Å². The number of carboxylic acid groups (broad SMARTS) is 1. The number of carbonyl (C=O) groups is 1. The summed E-state index contributed by atoms with van der Waals surface area (Å²) in [6.07, 6.45) is 4.08. The van der Waals surface area contributed by atoms with Gasteiger partial charge >= 0.3 is 5.97 Å². The molecule has 0 fully saturated rings. The van der Waals surface area contributed by atoms with Crippen molar-refractivity contribution in [1.82, 2.24) is 10.5 Å². The molecule has 1 rings (SSSR count). The highest BCUT2D eigenvalue weighted by atomic mass is 16.5. The van der Waals surface area contributed by atoms with Crippen LogP contribution in [-0.2, 0) is 11.3 Å². The van der Waals surface area contributed by atoms with Gasteiger partial charge in [-0.3, -0.25) is 10.1 Å². The fraction of sp³-hybridized carbons (Fsp3) is 0.600. The highest BCUT2D eigenvalue weighted by Gasteiger charge is 2.16. The smallest absolute Gasteiger partial charge is 0.320 e. The fourth-order valence-corrected chi connectivity index (χ4v) is 1.28. The predicted molar refractivity (Wildman–Crippen MR) is 54.3 cm³/mol. The second-order valence-corrected chi connectivity index (χ2v) is 3.39. The number of aromatic nitrogens is 1. The number of unbranched alkanes of at least 4 members (excludes halogenated alkanes) is 1. The SMILES string of the molecule is CCCCC(NCc1ccno1)C(=O)O. The van der Waals surface area contributed by atoms with Crippen molar-refractivity contribution < 1.29 is 14.4 Å². The van der Waals surface area contributed by atoms with Crippen LogP contribution in [0.25, 0.3) is 0 Å². The van der Waals surface area contributed by atoms with Gasteiger partial charge in [0.2, 0.25) is 0 Å². The Kier molecular flexibility index (Phi) is 4.83. The fourth-order valence-electron chi connectivity index (χ4n) is 1.28. The number of nitrogens with one attached hydrogen (secondary N) is 1. The van der Waals surface area contributed by atoms with Crippen LogP contribution < -0.4 is 5.32 Å². The molecular weight excluding hydrogens is 196 g/mol. The van der Waals surface area contributed by atoms with Crippen molar-refractivity contribution in [2.24, 2.45) is 0 Å². The lowest BCUT2D eigenvalue weighted by Gasteiger charge is -2.12. The van der Waals surface area contributed by atoms with E-state index in [1.54, 1.807) is 12.3 Å². The van der Waals surface area contributed by atoms with Gasteiger partial charge in [0.05, 0.1) is 12.7 Å². The molecule has 5 heteroatoms. The monoisotopic (exact) mass is 212 g/mol. The highest BCUT2D eigenvalue weighted by molar-refractivity contribution is 5.73. The van der Waals surface area contributed by atoms with Gasteiger partial charge in [-0.15, -0.1) is 0 Å². The number of aliphatic carboxylic acids is 1. The molecule has 0 aliphatic heterocycles. The Bertz CT molecular complexity index is 285. The van der Waals surface area contributed by atoms with Crippen LogP contribution >= 0.6 is 0 Å². The average Bonchev–Trinajstić information content (AvgIpc) is 2.70. The molecule has 1 aromatic rings. The van der Waals surface area contributed by atoms with E-state index in [0.717, 1.165) is 12.8 Å². The molecule has 0 saturated heterocycles. The normalized spacial score (nSPS) is 12.6. The first-order valence-corrected chi connectivity index (χ1v) is 5.09. The molecule has 0 amide bonds. The maximum atomic E-state index is 10.9. The topological polar surface area (TPSA) is 75.4 Å². The summed E-state index contributed by atoms with van der Waals surface area (Å²) in [5, 5.41) is 15.4. The Hall–Kier alpha value is -1.36. The van der Waals surface area contributed by atoms with Gasteiger partial charge in [-0.25, -0.2) is 0 Å². The maximum absolute atomic E-state index is 10.9. The number of carboxylic acids is 1. The van der Waals surface area contributed by atoms with Crippen molar-refractivity contribution in [1.29, 1.82) is 0 Å². The summed E-state index contributed by atoms with van der Waals surface area (Å²) in [5.41, 5.74) is 0. The molecule has 0 aliphatic rings. The average molecular weight is 212 g/mol. The summed E-state index contributed by atoms with van der Waals surface area (Å²) in [5.74, 6) is -0.166. The molecule has 0 bridgehead atoms. The third-order valence-corrected chi connectivity index (χ3v) is 2.16. The lowest BCUT2D eigenvalue weighted by atomic mass is 10.1. The van der Waals surface area contributed by atoms with Crippen LogP contribution in [-0.4, -0.2) is 22.3 Å². The molecule has 1 aromatic heterocycles. The summed E-state index contributed by atoms with van der Waals surface area (Å²) < 4.78 is 4.86. The van der Waals surface area contributed by atoms with Crippen LogP contribution in [0.2, 0.25) is 0 Å². The van der Waals surface area contributed by atoms with E-state index in [1.165, 1.54) is 0 Å².